The average Bonchev–Trinajstić information content (AvgIpc) is 2.92. The Labute approximate surface area is 181 Å². The summed E-state index contributed by atoms with van der Waals surface area (Å²) >= 11 is 0. The largest absolute Gasteiger partial charge is 0.573 e. The number of hydrogen-bond donors (Lipinski definition) is 2. The number of hydrogen-bond acceptors (Lipinski definition) is 5. The van der Waals surface area contributed by atoms with Gasteiger partial charge in [-0.2, -0.15) is 0 Å². The van der Waals surface area contributed by atoms with Crippen LogP contribution in [0.15, 0.2) is 54.2 Å². The quantitative estimate of drug-likeness (QED) is 0.623. The van der Waals surface area contributed by atoms with E-state index >= 15 is 0 Å². The second-order valence-corrected chi connectivity index (χ2v) is 6.97. The van der Waals surface area contributed by atoms with Crippen LogP contribution in [0.3, 0.4) is 0 Å². The monoisotopic (exact) mass is 447 g/mol. The summed E-state index contributed by atoms with van der Waals surface area (Å²) in [6.45, 7) is 3.36. The highest BCUT2D eigenvalue weighted by Gasteiger charge is 2.39. The lowest BCUT2D eigenvalue weighted by molar-refractivity contribution is -0.274. The molecule has 0 saturated carbocycles. The topological polar surface area (TPSA) is 87.7 Å². The first-order valence-electron chi connectivity index (χ1n) is 9.70. The molecule has 0 spiro atoms. The van der Waals surface area contributed by atoms with Crippen molar-refractivity contribution in [2.24, 2.45) is 0 Å². The number of nitrogens with zero attached hydrogens (tertiary/aromatic N) is 1. The number of carbonyl (C=O) groups is 3. The number of nitrogens with one attached hydrogen (secondary N) is 2. The standard InChI is InChI=1S/C22H20F3N3O4/c1-3-11-28-20(30)18(14-7-9-15(10-8-14)26-13(2)29)19(21(28)31)27-16-5-4-6-17(12-16)32-22(23,24)25/h4-10,12,27H,3,11H2,1-2H3,(H,26,29). The zero-order chi connectivity index (χ0) is 23.5. The third kappa shape index (κ3) is 5.26. The van der Waals surface area contributed by atoms with Gasteiger partial charge in [0.2, 0.25) is 5.91 Å². The Balaban J connectivity index is 1.99. The van der Waals surface area contributed by atoms with Crippen LogP contribution in [0, 0.1) is 0 Å². The Morgan fingerprint density at radius 1 is 1.03 bits per heavy atom. The van der Waals surface area contributed by atoms with Gasteiger partial charge in [0.1, 0.15) is 11.4 Å². The van der Waals surface area contributed by atoms with E-state index in [1.165, 1.54) is 19.1 Å². The van der Waals surface area contributed by atoms with Crippen LogP contribution in [-0.4, -0.2) is 35.5 Å². The molecule has 0 aliphatic carbocycles. The lowest BCUT2D eigenvalue weighted by atomic mass is 10.0. The first-order chi connectivity index (χ1) is 15.1. The summed E-state index contributed by atoms with van der Waals surface area (Å²) in [7, 11) is 0. The van der Waals surface area contributed by atoms with Gasteiger partial charge in [0, 0.05) is 30.9 Å². The molecule has 168 valence electrons. The fourth-order valence-electron chi connectivity index (χ4n) is 3.23. The van der Waals surface area contributed by atoms with E-state index in [0.717, 1.165) is 17.0 Å². The summed E-state index contributed by atoms with van der Waals surface area (Å²) in [5, 5.41) is 5.39. The number of ether oxygens (including phenoxy) is 1. The summed E-state index contributed by atoms with van der Waals surface area (Å²) in [6.07, 6.45) is -4.33. The van der Waals surface area contributed by atoms with E-state index < -0.39 is 23.9 Å². The van der Waals surface area contributed by atoms with Crippen LogP contribution in [0.2, 0.25) is 0 Å². The lowest BCUT2D eigenvalue weighted by Crippen LogP contribution is -2.33. The zero-order valence-electron chi connectivity index (χ0n) is 17.2. The molecule has 1 heterocycles. The van der Waals surface area contributed by atoms with Crippen molar-refractivity contribution in [3.05, 3.63) is 59.8 Å². The molecule has 0 fully saturated rings. The molecule has 1 aliphatic rings. The maximum absolute atomic E-state index is 13.0. The third-order valence-electron chi connectivity index (χ3n) is 4.45. The smallest absolute Gasteiger partial charge is 0.406 e. The van der Waals surface area contributed by atoms with E-state index in [-0.39, 0.29) is 29.4 Å². The number of alkyl halides is 3. The van der Waals surface area contributed by atoms with E-state index in [1.807, 2.05) is 6.92 Å². The number of imide groups is 1. The van der Waals surface area contributed by atoms with Crippen molar-refractivity contribution >= 4 is 34.7 Å². The molecule has 0 bridgehead atoms. The number of rotatable bonds is 7. The molecule has 0 unspecified atom stereocenters. The average molecular weight is 447 g/mol. The SMILES string of the molecule is CCCN1C(=O)C(Nc2cccc(OC(F)(F)F)c2)=C(c2ccc(NC(C)=O)cc2)C1=O. The summed E-state index contributed by atoms with van der Waals surface area (Å²) in [5.41, 5.74) is 1.10. The molecule has 2 N–H and O–H groups in total. The van der Waals surface area contributed by atoms with Gasteiger partial charge in [-0.3, -0.25) is 19.3 Å². The van der Waals surface area contributed by atoms with Crippen molar-refractivity contribution in [3.63, 3.8) is 0 Å². The predicted molar refractivity (Wildman–Crippen MR) is 111 cm³/mol. The van der Waals surface area contributed by atoms with Crippen LogP contribution in [0.1, 0.15) is 25.8 Å². The number of benzene rings is 2. The summed E-state index contributed by atoms with van der Waals surface area (Å²) in [5.74, 6) is -1.83. The Kier molecular flexibility index (Phi) is 6.52. The number of anilines is 2. The van der Waals surface area contributed by atoms with Crippen LogP contribution < -0.4 is 15.4 Å². The predicted octanol–water partition coefficient (Wildman–Crippen LogP) is 4.15. The Morgan fingerprint density at radius 3 is 2.31 bits per heavy atom. The summed E-state index contributed by atoms with van der Waals surface area (Å²) in [6, 6.07) is 11.3. The normalized spacial score (nSPS) is 14.1. The maximum atomic E-state index is 13.0. The van der Waals surface area contributed by atoms with Gasteiger partial charge < -0.3 is 15.4 Å². The molecule has 10 heteroatoms. The van der Waals surface area contributed by atoms with Crippen LogP contribution in [0.5, 0.6) is 5.75 Å². The zero-order valence-corrected chi connectivity index (χ0v) is 17.2. The minimum atomic E-state index is -4.87. The molecule has 1 aliphatic heterocycles. The highest BCUT2D eigenvalue weighted by molar-refractivity contribution is 6.36. The molecule has 0 aromatic heterocycles. The Hall–Kier alpha value is -3.82. The molecule has 7 nitrogen and oxygen atoms in total. The molecule has 3 amide bonds. The highest BCUT2D eigenvalue weighted by atomic mass is 19.4. The van der Waals surface area contributed by atoms with E-state index in [1.54, 1.807) is 24.3 Å². The summed E-state index contributed by atoms with van der Waals surface area (Å²) < 4.78 is 41.5. The molecular formula is C22H20F3N3O4. The Bertz CT molecular complexity index is 1080. The second-order valence-electron chi connectivity index (χ2n) is 6.97. The van der Waals surface area contributed by atoms with Gasteiger partial charge in [-0.1, -0.05) is 25.1 Å². The fraction of sp³-hybridized carbons (Fsp3) is 0.227. The van der Waals surface area contributed by atoms with Crippen molar-refractivity contribution in [2.75, 3.05) is 17.2 Å². The van der Waals surface area contributed by atoms with Crippen molar-refractivity contribution in [1.82, 2.24) is 4.90 Å². The van der Waals surface area contributed by atoms with Gasteiger partial charge >= 0.3 is 6.36 Å². The van der Waals surface area contributed by atoms with Gasteiger partial charge in [-0.05, 0) is 36.2 Å². The summed E-state index contributed by atoms with van der Waals surface area (Å²) in [4.78, 5) is 38.2. The lowest BCUT2D eigenvalue weighted by Gasteiger charge is -2.14. The molecule has 0 saturated heterocycles. The number of carbonyl (C=O) groups excluding carboxylic acids is 3. The number of amides is 3. The minimum Gasteiger partial charge on any atom is -0.406 e. The molecule has 0 atom stereocenters. The molecule has 32 heavy (non-hydrogen) atoms. The first kappa shape index (κ1) is 22.9. The molecule has 3 rings (SSSR count). The first-order valence-corrected chi connectivity index (χ1v) is 9.70. The van der Waals surface area contributed by atoms with Crippen LogP contribution in [-0.2, 0) is 14.4 Å². The van der Waals surface area contributed by atoms with Gasteiger partial charge in [-0.25, -0.2) is 0 Å². The maximum Gasteiger partial charge on any atom is 0.573 e. The molecular weight excluding hydrogens is 427 g/mol. The van der Waals surface area contributed by atoms with E-state index in [9.17, 15) is 27.6 Å². The number of halogens is 3. The molecule has 0 radical (unpaired) electrons. The fourth-order valence-corrected chi connectivity index (χ4v) is 3.23. The van der Waals surface area contributed by atoms with Gasteiger partial charge in [-0.15, -0.1) is 13.2 Å². The van der Waals surface area contributed by atoms with Crippen molar-refractivity contribution in [2.45, 2.75) is 26.6 Å². The Morgan fingerprint density at radius 2 is 1.72 bits per heavy atom. The van der Waals surface area contributed by atoms with Gasteiger partial charge in [0.15, 0.2) is 0 Å². The highest BCUT2D eigenvalue weighted by Crippen LogP contribution is 2.32. The van der Waals surface area contributed by atoms with Gasteiger partial charge in [0.05, 0.1) is 5.57 Å². The van der Waals surface area contributed by atoms with Crippen LogP contribution in [0.4, 0.5) is 24.5 Å². The second kappa shape index (κ2) is 9.13. The van der Waals surface area contributed by atoms with E-state index in [0.29, 0.717) is 17.7 Å². The molecule has 2 aromatic carbocycles. The minimum absolute atomic E-state index is 0.0557. The van der Waals surface area contributed by atoms with Crippen LogP contribution >= 0.6 is 0 Å². The van der Waals surface area contributed by atoms with Crippen molar-refractivity contribution < 1.29 is 32.3 Å². The molecule has 2 aromatic rings. The third-order valence-corrected chi connectivity index (χ3v) is 4.45. The van der Waals surface area contributed by atoms with Crippen LogP contribution in [0.25, 0.3) is 5.57 Å². The van der Waals surface area contributed by atoms with E-state index in [2.05, 4.69) is 15.4 Å². The van der Waals surface area contributed by atoms with Crippen molar-refractivity contribution in [1.29, 1.82) is 0 Å². The van der Waals surface area contributed by atoms with Crippen molar-refractivity contribution in [3.8, 4) is 5.75 Å². The van der Waals surface area contributed by atoms with E-state index in [4.69, 9.17) is 0 Å². The van der Waals surface area contributed by atoms with Gasteiger partial charge in [0.25, 0.3) is 11.8 Å².